The van der Waals surface area contributed by atoms with Crippen molar-refractivity contribution in [2.24, 2.45) is 0 Å². The number of carbonyl (C=O) groups is 1. The summed E-state index contributed by atoms with van der Waals surface area (Å²) in [7, 11) is 4.50. The third kappa shape index (κ3) is 3.23. The van der Waals surface area contributed by atoms with E-state index in [0.717, 1.165) is 0 Å². The minimum atomic E-state index is -0.573. The topological polar surface area (TPSA) is 69.0 Å². The van der Waals surface area contributed by atoms with Gasteiger partial charge in [-0.25, -0.2) is 9.18 Å². The van der Waals surface area contributed by atoms with Gasteiger partial charge in [0.1, 0.15) is 34.5 Å². The second kappa shape index (κ2) is 6.87. The van der Waals surface area contributed by atoms with Gasteiger partial charge in [0.25, 0.3) is 0 Å². The van der Waals surface area contributed by atoms with E-state index in [1.54, 1.807) is 14.1 Å². The molecule has 0 bridgehead atoms. The van der Waals surface area contributed by atoms with Crippen LogP contribution in [-0.2, 0) is 0 Å². The summed E-state index contributed by atoms with van der Waals surface area (Å²) < 4.78 is 29.1. The molecule has 0 aliphatic carbocycles. The number of rotatable bonds is 3. The van der Waals surface area contributed by atoms with Crippen LogP contribution >= 0.6 is 0 Å². The number of hydrogen-bond acceptors (Lipinski definition) is 5. The van der Waals surface area contributed by atoms with Crippen LogP contribution in [0, 0.1) is 5.82 Å². The maximum absolute atomic E-state index is 13.1. The van der Waals surface area contributed by atoms with Crippen molar-refractivity contribution in [1.82, 2.24) is 4.90 Å². The standard InChI is InChI=1S/C19H16FNO5/c1-21(2)19(23)26-13-8-15(24-3)17-16(9-13)25-10-14(18(17)22)11-4-6-12(20)7-5-11/h4-10H,1-3H3. The molecule has 0 N–H and O–H groups in total. The molecule has 7 heteroatoms. The zero-order valence-corrected chi connectivity index (χ0v) is 14.4. The summed E-state index contributed by atoms with van der Waals surface area (Å²) in [4.78, 5) is 25.9. The van der Waals surface area contributed by atoms with Crippen LogP contribution in [0.2, 0.25) is 0 Å². The van der Waals surface area contributed by atoms with Crippen molar-refractivity contribution >= 4 is 17.1 Å². The first-order chi connectivity index (χ1) is 12.4. The maximum Gasteiger partial charge on any atom is 0.414 e. The van der Waals surface area contributed by atoms with E-state index in [2.05, 4.69) is 0 Å². The van der Waals surface area contributed by atoms with Gasteiger partial charge in [-0.1, -0.05) is 12.1 Å². The van der Waals surface area contributed by atoms with Crippen molar-refractivity contribution in [2.45, 2.75) is 0 Å². The molecule has 0 radical (unpaired) electrons. The Morgan fingerprint density at radius 2 is 1.85 bits per heavy atom. The number of nitrogens with zero attached hydrogens (tertiary/aromatic N) is 1. The van der Waals surface area contributed by atoms with E-state index in [4.69, 9.17) is 13.9 Å². The van der Waals surface area contributed by atoms with E-state index in [-0.39, 0.29) is 33.5 Å². The summed E-state index contributed by atoms with van der Waals surface area (Å²) in [6, 6.07) is 8.39. The van der Waals surface area contributed by atoms with E-state index in [0.29, 0.717) is 5.56 Å². The number of halogens is 1. The Labute approximate surface area is 148 Å². The fourth-order valence-corrected chi connectivity index (χ4v) is 2.43. The molecule has 1 amide bonds. The first kappa shape index (κ1) is 17.5. The largest absolute Gasteiger partial charge is 0.496 e. The van der Waals surface area contributed by atoms with Gasteiger partial charge < -0.3 is 18.8 Å². The molecule has 0 fully saturated rings. The van der Waals surface area contributed by atoms with Gasteiger partial charge in [-0.05, 0) is 17.7 Å². The van der Waals surface area contributed by atoms with Crippen LogP contribution in [0.1, 0.15) is 0 Å². The highest BCUT2D eigenvalue weighted by atomic mass is 19.1. The van der Waals surface area contributed by atoms with Crippen LogP contribution in [0.4, 0.5) is 9.18 Å². The average molecular weight is 357 g/mol. The van der Waals surface area contributed by atoms with E-state index in [1.165, 1.54) is 54.7 Å². The lowest BCUT2D eigenvalue weighted by atomic mass is 10.0. The lowest BCUT2D eigenvalue weighted by Gasteiger charge is -2.13. The Hall–Kier alpha value is -3.35. The smallest absolute Gasteiger partial charge is 0.414 e. The summed E-state index contributed by atoms with van der Waals surface area (Å²) in [6.45, 7) is 0. The number of fused-ring (bicyclic) bond motifs is 1. The molecule has 0 unspecified atom stereocenters. The molecule has 1 heterocycles. The highest BCUT2D eigenvalue weighted by Crippen LogP contribution is 2.31. The van der Waals surface area contributed by atoms with Crippen LogP contribution in [0.5, 0.6) is 11.5 Å². The number of ether oxygens (including phenoxy) is 2. The second-order valence-corrected chi connectivity index (χ2v) is 5.75. The first-order valence-corrected chi connectivity index (χ1v) is 7.69. The molecule has 3 rings (SSSR count). The van der Waals surface area contributed by atoms with E-state index in [9.17, 15) is 14.0 Å². The second-order valence-electron chi connectivity index (χ2n) is 5.75. The Morgan fingerprint density at radius 3 is 2.46 bits per heavy atom. The number of benzene rings is 2. The van der Waals surface area contributed by atoms with Crippen molar-refractivity contribution in [2.75, 3.05) is 21.2 Å². The van der Waals surface area contributed by atoms with Crippen LogP contribution in [0.15, 0.2) is 51.9 Å². The SMILES string of the molecule is COc1cc(OC(=O)N(C)C)cc2occ(-c3ccc(F)cc3)c(=O)c12. The van der Waals surface area contributed by atoms with Crippen LogP contribution in [0.3, 0.4) is 0 Å². The summed E-state index contributed by atoms with van der Waals surface area (Å²) in [6.07, 6.45) is 0.714. The van der Waals surface area contributed by atoms with Gasteiger partial charge in [0, 0.05) is 26.2 Å². The Kier molecular flexibility index (Phi) is 4.62. The van der Waals surface area contributed by atoms with Crippen molar-refractivity contribution in [3.8, 4) is 22.6 Å². The lowest BCUT2D eigenvalue weighted by molar-refractivity contribution is 0.172. The van der Waals surface area contributed by atoms with Crippen molar-refractivity contribution in [3.63, 3.8) is 0 Å². The van der Waals surface area contributed by atoms with E-state index in [1.807, 2.05) is 0 Å². The third-order valence-corrected chi connectivity index (χ3v) is 3.76. The van der Waals surface area contributed by atoms with Crippen LogP contribution < -0.4 is 14.9 Å². The van der Waals surface area contributed by atoms with Gasteiger partial charge in [0.2, 0.25) is 5.43 Å². The monoisotopic (exact) mass is 357 g/mol. The van der Waals surface area contributed by atoms with Crippen molar-refractivity contribution in [1.29, 1.82) is 0 Å². The lowest BCUT2D eigenvalue weighted by Crippen LogP contribution is -2.25. The summed E-state index contributed by atoms with van der Waals surface area (Å²) in [5.74, 6) is -0.00337. The van der Waals surface area contributed by atoms with Crippen molar-refractivity contribution < 1.29 is 23.1 Å². The minimum Gasteiger partial charge on any atom is -0.496 e. The molecule has 26 heavy (non-hydrogen) atoms. The molecule has 6 nitrogen and oxygen atoms in total. The molecule has 0 aliphatic heterocycles. The number of hydrogen-bond donors (Lipinski definition) is 0. The third-order valence-electron chi connectivity index (χ3n) is 3.76. The average Bonchev–Trinajstić information content (AvgIpc) is 2.62. The van der Waals surface area contributed by atoms with Gasteiger partial charge in [-0.3, -0.25) is 4.79 Å². The molecular weight excluding hydrogens is 341 g/mol. The number of amides is 1. The van der Waals surface area contributed by atoms with Gasteiger partial charge in [-0.15, -0.1) is 0 Å². The highest BCUT2D eigenvalue weighted by molar-refractivity contribution is 5.89. The normalized spacial score (nSPS) is 10.6. The highest BCUT2D eigenvalue weighted by Gasteiger charge is 2.17. The minimum absolute atomic E-state index is 0.186. The number of carbonyl (C=O) groups excluding carboxylic acids is 1. The Bertz CT molecular complexity index is 1020. The van der Waals surface area contributed by atoms with Crippen molar-refractivity contribution in [3.05, 3.63) is 58.7 Å². The molecular formula is C19H16FNO5. The summed E-state index contributed by atoms with van der Waals surface area (Å²) in [5, 5.41) is 0.207. The molecule has 0 aliphatic rings. The van der Waals surface area contributed by atoms with Gasteiger partial charge in [0.05, 0.1) is 12.7 Å². The van der Waals surface area contributed by atoms with Gasteiger partial charge in [0.15, 0.2) is 0 Å². The Morgan fingerprint density at radius 1 is 1.15 bits per heavy atom. The molecule has 134 valence electrons. The van der Waals surface area contributed by atoms with Gasteiger partial charge >= 0.3 is 6.09 Å². The fraction of sp³-hybridized carbons (Fsp3) is 0.158. The molecule has 2 aromatic carbocycles. The molecule has 0 saturated carbocycles. The molecule has 0 spiro atoms. The van der Waals surface area contributed by atoms with Crippen LogP contribution in [0.25, 0.3) is 22.1 Å². The predicted molar refractivity (Wildman–Crippen MR) is 94.1 cm³/mol. The van der Waals surface area contributed by atoms with E-state index >= 15 is 0 Å². The Balaban J connectivity index is 2.15. The van der Waals surface area contributed by atoms with E-state index < -0.39 is 11.9 Å². The molecule has 3 aromatic rings. The molecule has 1 aromatic heterocycles. The first-order valence-electron chi connectivity index (χ1n) is 7.69. The molecule has 0 saturated heterocycles. The zero-order valence-electron chi connectivity index (χ0n) is 14.4. The molecule has 0 atom stereocenters. The summed E-state index contributed by atoms with van der Waals surface area (Å²) in [5.41, 5.74) is 0.669. The maximum atomic E-state index is 13.1. The van der Waals surface area contributed by atoms with Crippen LogP contribution in [-0.4, -0.2) is 32.2 Å². The summed E-state index contributed by atoms with van der Waals surface area (Å²) >= 11 is 0. The zero-order chi connectivity index (χ0) is 18.8. The fourth-order valence-electron chi connectivity index (χ4n) is 2.43. The predicted octanol–water partition coefficient (Wildman–Crippen LogP) is 3.67. The number of methoxy groups -OCH3 is 1. The van der Waals surface area contributed by atoms with Gasteiger partial charge in [-0.2, -0.15) is 0 Å². The quantitative estimate of drug-likeness (QED) is 0.715.